The zero-order chi connectivity index (χ0) is 35.9. The van der Waals surface area contributed by atoms with Crippen LogP contribution < -0.4 is 20.7 Å². The molecule has 4 aromatic rings. The van der Waals surface area contributed by atoms with Crippen molar-refractivity contribution >= 4 is 46.9 Å². The lowest BCUT2D eigenvalue weighted by Crippen LogP contribution is -2.30. The van der Waals surface area contributed by atoms with E-state index in [1.165, 1.54) is 44.4 Å². The second kappa shape index (κ2) is 15.7. The summed E-state index contributed by atoms with van der Waals surface area (Å²) in [6, 6.07) is 20.9. The van der Waals surface area contributed by atoms with Gasteiger partial charge in [-0.2, -0.15) is 13.2 Å². The summed E-state index contributed by atoms with van der Waals surface area (Å²) in [5, 5.41) is 5.73. The molecule has 0 saturated heterocycles. The molecule has 0 aliphatic carbocycles. The van der Waals surface area contributed by atoms with Crippen molar-refractivity contribution in [3.63, 3.8) is 0 Å². The minimum atomic E-state index is -5.74. The monoisotopic (exact) mass is 705 g/mol. The second-order valence-electron chi connectivity index (χ2n) is 10.1. The zero-order valence-electron chi connectivity index (χ0n) is 25.6. The van der Waals surface area contributed by atoms with E-state index in [4.69, 9.17) is 4.74 Å². The van der Waals surface area contributed by atoms with Crippen LogP contribution in [-0.4, -0.2) is 30.1 Å². The van der Waals surface area contributed by atoms with Crippen LogP contribution in [0.25, 0.3) is 6.08 Å². The van der Waals surface area contributed by atoms with E-state index in [-0.39, 0.29) is 23.4 Å². The number of thioether (sulfide) groups is 1. The first kappa shape index (κ1) is 36.5. The Bertz CT molecular complexity index is 1870. The van der Waals surface area contributed by atoms with Gasteiger partial charge in [-0.15, -0.1) is 11.8 Å². The molecule has 7 nitrogen and oxygen atoms in total. The van der Waals surface area contributed by atoms with Crippen molar-refractivity contribution in [1.82, 2.24) is 5.32 Å². The van der Waals surface area contributed by atoms with E-state index in [9.17, 15) is 45.1 Å². The fourth-order valence-corrected chi connectivity index (χ4v) is 5.42. The highest BCUT2D eigenvalue weighted by Crippen LogP contribution is 2.39. The van der Waals surface area contributed by atoms with Crippen LogP contribution in [0.4, 0.5) is 42.1 Å². The van der Waals surface area contributed by atoms with Gasteiger partial charge in [0, 0.05) is 21.7 Å². The number of anilines is 2. The summed E-state index contributed by atoms with van der Waals surface area (Å²) in [7, 11) is 1.44. The lowest BCUT2D eigenvalue weighted by atomic mass is 10.1. The molecule has 4 aromatic carbocycles. The van der Waals surface area contributed by atoms with Crippen LogP contribution in [0.2, 0.25) is 0 Å². The van der Waals surface area contributed by atoms with Crippen molar-refractivity contribution in [3.8, 4) is 5.75 Å². The van der Waals surface area contributed by atoms with E-state index in [0.29, 0.717) is 16.2 Å². The molecule has 1 atom stereocenters. The Hall–Kier alpha value is -5.31. The molecule has 0 heterocycles. The number of carbonyl (C=O) groups excluding carboxylic acids is 3. The minimum Gasteiger partial charge on any atom is -0.496 e. The van der Waals surface area contributed by atoms with Crippen molar-refractivity contribution in [3.05, 3.63) is 125 Å². The van der Waals surface area contributed by atoms with E-state index in [0.717, 1.165) is 11.8 Å². The smallest absolute Gasteiger partial charge is 0.422 e. The molecule has 0 aromatic heterocycles. The Morgan fingerprint density at radius 3 is 2.08 bits per heavy atom. The third-order valence-electron chi connectivity index (χ3n) is 6.80. The largest absolute Gasteiger partial charge is 0.496 e. The van der Waals surface area contributed by atoms with Gasteiger partial charge in [0.2, 0.25) is 5.91 Å². The Labute approximate surface area is 279 Å². The number of rotatable bonds is 11. The first-order valence-electron chi connectivity index (χ1n) is 14.3. The molecule has 0 aliphatic rings. The van der Waals surface area contributed by atoms with Gasteiger partial charge >= 0.3 is 6.18 Å². The van der Waals surface area contributed by atoms with E-state index in [1.807, 2.05) is 0 Å². The minimum absolute atomic E-state index is 0.000758. The van der Waals surface area contributed by atoms with Crippen LogP contribution in [0.5, 0.6) is 5.75 Å². The molecule has 0 fully saturated rings. The summed E-state index contributed by atoms with van der Waals surface area (Å²) in [6.07, 6.45) is -4.32. The number of hydrogen-bond acceptors (Lipinski definition) is 5. The Morgan fingerprint density at radius 1 is 0.837 bits per heavy atom. The highest BCUT2D eigenvalue weighted by atomic mass is 32.2. The number of benzene rings is 4. The van der Waals surface area contributed by atoms with Crippen LogP contribution in [0, 0.1) is 23.3 Å². The number of para-hydroxylation sites is 1. The molecule has 0 bridgehead atoms. The topological polar surface area (TPSA) is 96.5 Å². The molecule has 0 spiro atoms. The van der Waals surface area contributed by atoms with Crippen LogP contribution in [0.15, 0.2) is 89.5 Å². The molecule has 49 heavy (non-hydrogen) atoms. The SMILES string of the molecule is CCC(Sc1cccc(NC(=O)/C(=C\c2ccccc2OC)NC(=O)c2ccccc2)c1)C(=O)Nc1c(F)c(F)c(C(F)(F)F)c(F)c1F. The molecule has 15 heteroatoms. The number of ether oxygens (including phenoxy) is 1. The lowest BCUT2D eigenvalue weighted by molar-refractivity contribution is -0.143. The lowest BCUT2D eigenvalue weighted by Gasteiger charge is -2.18. The number of amides is 3. The van der Waals surface area contributed by atoms with Gasteiger partial charge in [0.05, 0.1) is 12.4 Å². The maximum atomic E-state index is 14.4. The molecule has 256 valence electrons. The number of hydrogen-bond donors (Lipinski definition) is 3. The van der Waals surface area contributed by atoms with Gasteiger partial charge in [0.25, 0.3) is 11.8 Å². The maximum Gasteiger partial charge on any atom is 0.422 e. The summed E-state index contributed by atoms with van der Waals surface area (Å²) in [4.78, 5) is 39.7. The second-order valence-corrected chi connectivity index (χ2v) is 11.4. The van der Waals surface area contributed by atoms with Gasteiger partial charge in [-0.05, 0) is 48.9 Å². The summed E-state index contributed by atoms with van der Waals surface area (Å²) in [5.41, 5.74) is -3.66. The Kier molecular flexibility index (Phi) is 11.7. The van der Waals surface area contributed by atoms with E-state index in [1.54, 1.807) is 59.9 Å². The predicted molar refractivity (Wildman–Crippen MR) is 170 cm³/mol. The first-order valence-corrected chi connectivity index (χ1v) is 15.2. The average Bonchev–Trinajstić information content (AvgIpc) is 3.08. The quantitative estimate of drug-likeness (QED) is 0.0633. The van der Waals surface area contributed by atoms with Crippen LogP contribution in [0.1, 0.15) is 34.8 Å². The molecule has 0 aliphatic heterocycles. The molecule has 0 radical (unpaired) electrons. The standard InChI is InChI=1S/C34H26F7N3O4S/c1-3-24(33(47)44-30-28(37)26(35)25(34(39,40)41)27(36)29(30)38)49-21-14-9-13-20(17-21)42-32(46)22(16-19-12-7-8-15-23(19)48-2)43-31(45)18-10-5-4-6-11-18/h4-17,24H,3H2,1-2H3,(H,42,46)(H,43,45)(H,44,47)/b22-16+. The van der Waals surface area contributed by atoms with Crippen LogP contribution in [-0.2, 0) is 15.8 Å². The van der Waals surface area contributed by atoms with Crippen molar-refractivity contribution in [2.75, 3.05) is 17.7 Å². The summed E-state index contributed by atoms with van der Waals surface area (Å²) in [5.74, 6) is -12.3. The molecule has 0 saturated carbocycles. The predicted octanol–water partition coefficient (Wildman–Crippen LogP) is 8.19. The number of alkyl halides is 3. The highest BCUT2D eigenvalue weighted by molar-refractivity contribution is 8.00. The molecule has 4 rings (SSSR count). The number of methoxy groups -OCH3 is 1. The summed E-state index contributed by atoms with van der Waals surface area (Å²) >= 11 is 0.832. The Morgan fingerprint density at radius 2 is 1.47 bits per heavy atom. The molecule has 3 N–H and O–H groups in total. The van der Waals surface area contributed by atoms with Gasteiger partial charge < -0.3 is 20.7 Å². The van der Waals surface area contributed by atoms with Crippen LogP contribution in [0.3, 0.4) is 0 Å². The van der Waals surface area contributed by atoms with Crippen molar-refractivity contribution in [2.45, 2.75) is 29.7 Å². The third kappa shape index (κ3) is 8.79. The average molecular weight is 706 g/mol. The van der Waals surface area contributed by atoms with Gasteiger partial charge in [-0.25, -0.2) is 17.6 Å². The maximum absolute atomic E-state index is 14.4. The van der Waals surface area contributed by atoms with Crippen molar-refractivity contribution < 1.29 is 49.9 Å². The van der Waals surface area contributed by atoms with E-state index >= 15 is 0 Å². The zero-order valence-corrected chi connectivity index (χ0v) is 26.4. The van der Waals surface area contributed by atoms with E-state index < -0.39 is 63.7 Å². The van der Waals surface area contributed by atoms with Gasteiger partial charge in [0.15, 0.2) is 23.3 Å². The van der Waals surface area contributed by atoms with Crippen LogP contribution >= 0.6 is 11.8 Å². The number of halogens is 7. The number of carbonyl (C=O) groups is 3. The fraction of sp³-hybridized carbons (Fsp3) is 0.147. The van der Waals surface area contributed by atoms with Crippen molar-refractivity contribution in [1.29, 1.82) is 0 Å². The molecule has 1 unspecified atom stereocenters. The summed E-state index contributed by atoms with van der Waals surface area (Å²) in [6.45, 7) is 1.51. The third-order valence-corrected chi connectivity index (χ3v) is 8.15. The normalized spacial score (nSPS) is 12.2. The van der Waals surface area contributed by atoms with Gasteiger partial charge in [0.1, 0.15) is 22.7 Å². The van der Waals surface area contributed by atoms with Crippen molar-refractivity contribution in [2.24, 2.45) is 0 Å². The highest BCUT2D eigenvalue weighted by Gasteiger charge is 2.42. The Balaban J connectivity index is 1.55. The van der Waals surface area contributed by atoms with E-state index in [2.05, 4.69) is 10.6 Å². The number of nitrogens with one attached hydrogen (secondary N) is 3. The first-order chi connectivity index (χ1) is 23.2. The fourth-order valence-electron chi connectivity index (χ4n) is 4.41. The summed E-state index contributed by atoms with van der Waals surface area (Å²) < 4.78 is 101. The molecular formula is C34H26F7N3O4S. The van der Waals surface area contributed by atoms with Gasteiger partial charge in [-0.1, -0.05) is 49.4 Å². The molecular weight excluding hydrogens is 679 g/mol. The molecule has 3 amide bonds. The van der Waals surface area contributed by atoms with Gasteiger partial charge in [-0.3, -0.25) is 14.4 Å².